The third kappa shape index (κ3) is 3.24. The average molecular weight is 298 g/mol. The molecule has 0 radical (unpaired) electrons. The molecule has 2 aliphatic rings. The van der Waals surface area contributed by atoms with Crippen molar-refractivity contribution in [1.29, 1.82) is 0 Å². The third-order valence-electron chi connectivity index (χ3n) is 3.32. The van der Waals surface area contributed by atoms with E-state index in [1.807, 2.05) is 53.8 Å². The highest BCUT2D eigenvalue weighted by Gasteiger charge is 2.29. The fourth-order valence-corrected chi connectivity index (χ4v) is 2.39. The summed E-state index contributed by atoms with van der Waals surface area (Å²) in [6.07, 6.45) is 5.73. The number of nitrogens with one attached hydrogen (secondary N) is 3. The molecule has 1 amide bonds. The normalized spacial score (nSPS) is 19.8. The number of hydrogen-bond acceptors (Lipinski definition) is 4. The smallest absolute Gasteiger partial charge is 0.280 e. The van der Waals surface area contributed by atoms with Crippen molar-refractivity contribution < 1.29 is 9.69 Å². The summed E-state index contributed by atoms with van der Waals surface area (Å²) in [6, 6.07) is 9.75. The lowest BCUT2D eigenvalue weighted by Crippen LogP contribution is -3.11. The SMILES string of the molecule is CC(C)NN1C=CC2=NC(C(=O)Nc3ccccc3)=C[NH+]2C1. The van der Waals surface area contributed by atoms with E-state index in [0.717, 1.165) is 16.4 Å². The van der Waals surface area contributed by atoms with Gasteiger partial charge in [0, 0.05) is 24.0 Å². The van der Waals surface area contributed by atoms with Gasteiger partial charge in [0.1, 0.15) is 6.20 Å². The van der Waals surface area contributed by atoms with Crippen molar-refractivity contribution in [3.63, 3.8) is 0 Å². The molecule has 1 aromatic rings. The largest absolute Gasteiger partial charge is 0.320 e. The van der Waals surface area contributed by atoms with Gasteiger partial charge < -0.3 is 5.32 Å². The maximum atomic E-state index is 12.3. The van der Waals surface area contributed by atoms with E-state index < -0.39 is 0 Å². The molecule has 2 heterocycles. The van der Waals surface area contributed by atoms with Crippen molar-refractivity contribution in [2.75, 3.05) is 12.0 Å². The lowest BCUT2D eigenvalue weighted by atomic mass is 10.3. The van der Waals surface area contributed by atoms with Gasteiger partial charge in [0.2, 0.25) is 5.84 Å². The minimum atomic E-state index is -0.183. The molecule has 114 valence electrons. The van der Waals surface area contributed by atoms with Crippen LogP contribution in [-0.4, -0.2) is 29.5 Å². The zero-order valence-electron chi connectivity index (χ0n) is 12.7. The Kier molecular flexibility index (Phi) is 4.04. The molecule has 3 rings (SSSR count). The first-order chi connectivity index (χ1) is 10.6. The Hall–Kier alpha value is -2.44. The maximum Gasteiger partial charge on any atom is 0.280 e. The van der Waals surface area contributed by atoms with E-state index >= 15 is 0 Å². The van der Waals surface area contributed by atoms with E-state index in [1.165, 1.54) is 0 Å². The zero-order chi connectivity index (χ0) is 15.5. The van der Waals surface area contributed by atoms with Crippen LogP contribution in [0.2, 0.25) is 0 Å². The molecular formula is C16H20N5O+. The first-order valence-electron chi connectivity index (χ1n) is 7.36. The summed E-state index contributed by atoms with van der Waals surface area (Å²) in [4.78, 5) is 17.7. The van der Waals surface area contributed by atoms with Gasteiger partial charge in [0.15, 0.2) is 12.4 Å². The number of quaternary nitrogens is 1. The quantitative estimate of drug-likeness (QED) is 0.757. The summed E-state index contributed by atoms with van der Waals surface area (Å²) in [5.41, 5.74) is 4.54. The lowest BCUT2D eigenvalue weighted by Gasteiger charge is -2.28. The number of aliphatic imine (C=N–C) groups is 1. The van der Waals surface area contributed by atoms with E-state index in [4.69, 9.17) is 0 Å². The molecule has 22 heavy (non-hydrogen) atoms. The molecule has 0 saturated carbocycles. The first kappa shape index (κ1) is 14.5. The highest BCUT2D eigenvalue weighted by atomic mass is 16.2. The number of anilines is 1. The molecule has 0 saturated heterocycles. The standard InChI is InChI=1S/C16H19N5O/c1-12(2)19-21-9-8-15-18-14(10-20(15)11-21)16(22)17-13-6-4-3-5-7-13/h3-10,12,19H,11H2,1-2H3,(H,17,22)/p+1. The van der Waals surface area contributed by atoms with Crippen LogP contribution in [0.1, 0.15) is 13.8 Å². The Morgan fingerprint density at radius 2 is 2.09 bits per heavy atom. The lowest BCUT2D eigenvalue weighted by molar-refractivity contribution is -0.759. The van der Waals surface area contributed by atoms with Crippen molar-refractivity contribution in [3.8, 4) is 0 Å². The number of fused-ring (bicyclic) bond motifs is 1. The molecular weight excluding hydrogens is 278 g/mol. The van der Waals surface area contributed by atoms with E-state index in [2.05, 4.69) is 29.6 Å². The van der Waals surface area contributed by atoms with E-state index in [9.17, 15) is 4.79 Å². The fourth-order valence-electron chi connectivity index (χ4n) is 2.39. The second-order valence-corrected chi connectivity index (χ2v) is 5.60. The number of carbonyl (C=O) groups is 1. The minimum absolute atomic E-state index is 0.183. The third-order valence-corrected chi connectivity index (χ3v) is 3.32. The summed E-state index contributed by atoms with van der Waals surface area (Å²) in [5, 5.41) is 4.86. The van der Waals surface area contributed by atoms with Crippen LogP contribution in [0.15, 0.2) is 59.5 Å². The number of nitrogens with zero attached hydrogens (tertiary/aromatic N) is 2. The van der Waals surface area contributed by atoms with E-state index in [0.29, 0.717) is 18.4 Å². The van der Waals surface area contributed by atoms with Crippen molar-refractivity contribution in [1.82, 2.24) is 10.4 Å². The molecule has 1 aromatic carbocycles. The van der Waals surface area contributed by atoms with Gasteiger partial charge in [-0.1, -0.05) is 18.2 Å². The molecule has 3 N–H and O–H groups in total. The molecule has 0 spiro atoms. The Morgan fingerprint density at radius 1 is 1.32 bits per heavy atom. The molecule has 0 aromatic heterocycles. The van der Waals surface area contributed by atoms with E-state index in [1.54, 1.807) is 0 Å². The van der Waals surface area contributed by atoms with Crippen LogP contribution in [0, 0.1) is 0 Å². The summed E-state index contributed by atoms with van der Waals surface area (Å²) in [6.45, 7) is 4.88. The van der Waals surface area contributed by atoms with Crippen molar-refractivity contribution in [3.05, 3.63) is 54.5 Å². The summed E-state index contributed by atoms with van der Waals surface area (Å²) < 4.78 is 0. The fraction of sp³-hybridized carbons (Fsp3) is 0.250. The Morgan fingerprint density at radius 3 is 2.82 bits per heavy atom. The molecule has 2 aliphatic heterocycles. The summed E-state index contributed by atoms with van der Waals surface area (Å²) in [5.74, 6) is 0.678. The number of hydrazine groups is 1. The number of benzene rings is 1. The average Bonchev–Trinajstić information content (AvgIpc) is 2.91. The minimum Gasteiger partial charge on any atom is -0.320 e. The topological polar surface area (TPSA) is 61.2 Å². The van der Waals surface area contributed by atoms with E-state index in [-0.39, 0.29) is 5.91 Å². The van der Waals surface area contributed by atoms with Gasteiger partial charge in [-0.2, -0.15) is 4.99 Å². The van der Waals surface area contributed by atoms with Crippen LogP contribution in [-0.2, 0) is 4.79 Å². The highest BCUT2D eigenvalue weighted by Crippen LogP contribution is 2.09. The number of para-hydroxylation sites is 1. The van der Waals surface area contributed by atoms with Gasteiger partial charge >= 0.3 is 0 Å². The molecule has 6 nitrogen and oxygen atoms in total. The molecule has 1 unspecified atom stereocenters. The van der Waals surface area contributed by atoms with Crippen molar-refractivity contribution >= 4 is 17.4 Å². The number of rotatable bonds is 4. The molecule has 0 fully saturated rings. The van der Waals surface area contributed by atoms with Gasteiger partial charge in [0.25, 0.3) is 5.91 Å². The second-order valence-electron chi connectivity index (χ2n) is 5.60. The van der Waals surface area contributed by atoms with Gasteiger partial charge in [-0.3, -0.25) is 9.80 Å². The zero-order valence-corrected chi connectivity index (χ0v) is 12.7. The summed E-state index contributed by atoms with van der Waals surface area (Å²) >= 11 is 0. The predicted octanol–water partition coefficient (Wildman–Crippen LogP) is 0.463. The van der Waals surface area contributed by atoms with Crippen LogP contribution < -0.4 is 15.6 Å². The van der Waals surface area contributed by atoms with Gasteiger partial charge in [-0.25, -0.2) is 10.3 Å². The van der Waals surface area contributed by atoms with Gasteiger partial charge in [-0.05, 0) is 26.0 Å². The monoisotopic (exact) mass is 298 g/mol. The highest BCUT2D eigenvalue weighted by molar-refractivity contribution is 6.06. The molecule has 1 atom stereocenters. The molecule has 0 bridgehead atoms. The number of hydrogen-bond donors (Lipinski definition) is 3. The Bertz CT molecular complexity index is 648. The van der Waals surface area contributed by atoms with Gasteiger partial charge in [0.05, 0.1) is 0 Å². The summed E-state index contributed by atoms with van der Waals surface area (Å²) in [7, 11) is 0. The van der Waals surface area contributed by atoms with Crippen LogP contribution >= 0.6 is 0 Å². The van der Waals surface area contributed by atoms with Crippen molar-refractivity contribution in [2.24, 2.45) is 4.99 Å². The molecule has 0 aliphatic carbocycles. The van der Waals surface area contributed by atoms with Crippen LogP contribution in [0.3, 0.4) is 0 Å². The van der Waals surface area contributed by atoms with Crippen LogP contribution in [0.25, 0.3) is 0 Å². The number of amidine groups is 1. The van der Waals surface area contributed by atoms with Crippen LogP contribution in [0.5, 0.6) is 0 Å². The van der Waals surface area contributed by atoms with Gasteiger partial charge in [-0.15, -0.1) is 0 Å². The number of carbonyl (C=O) groups excluding carboxylic acids is 1. The maximum absolute atomic E-state index is 12.3. The second kappa shape index (κ2) is 6.13. The van der Waals surface area contributed by atoms with Crippen LogP contribution in [0.4, 0.5) is 5.69 Å². The first-order valence-corrected chi connectivity index (χ1v) is 7.36. The number of amides is 1. The van der Waals surface area contributed by atoms with Crippen molar-refractivity contribution in [2.45, 2.75) is 19.9 Å². The predicted molar refractivity (Wildman–Crippen MR) is 85.7 cm³/mol. The Labute approximate surface area is 129 Å². The molecule has 6 heteroatoms. The Balaban J connectivity index is 1.67.